The van der Waals surface area contributed by atoms with Crippen molar-refractivity contribution in [3.63, 3.8) is 0 Å². The number of amides is 2. The van der Waals surface area contributed by atoms with Crippen molar-refractivity contribution in [3.05, 3.63) is 70.6 Å². The first-order valence-electron chi connectivity index (χ1n) is 11.2. The third kappa shape index (κ3) is 6.66. The molecule has 0 aliphatic carbocycles. The highest BCUT2D eigenvalue weighted by molar-refractivity contribution is 7.82. The first-order chi connectivity index (χ1) is 17.5. The minimum Gasteiger partial charge on any atom is -0.445 e. The molecule has 2 N–H and O–H groups in total. The van der Waals surface area contributed by atoms with Gasteiger partial charge in [0.1, 0.15) is 29.2 Å². The van der Waals surface area contributed by atoms with Gasteiger partial charge in [0.05, 0.1) is 10.5 Å². The number of hydrogen-bond donors (Lipinski definition) is 1. The van der Waals surface area contributed by atoms with Crippen molar-refractivity contribution in [2.75, 3.05) is 26.2 Å². The van der Waals surface area contributed by atoms with Gasteiger partial charge < -0.3 is 19.3 Å². The van der Waals surface area contributed by atoms with Gasteiger partial charge in [0.15, 0.2) is 0 Å². The number of benzene rings is 2. The van der Waals surface area contributed by atoms with Crippen LogP contribution in [-0.2, 0) is 22.3 Å². The molecule has 1 unspecified atom stereocenters. The van der Waals surface area contributed by atoms with Crippen LogP contribution in [0, 0.1) is 5.82 Å². The number of ether oxygens (including phenoxy) is 2. The fraction of sp³-hybridized carbons (Fsp3) is 0.333. The molecular weight excluding hydrogens is 518 g/mol. The van der Waals surface area contributed by atoms with E-state index >= 15 is 0 Å². The Hall–Kier alpha value is -3.45. The Morgan fingerprint density at radius 3 is 2.19 bits per heavy atom. The fourth-order valence-corrected chi connectivity index (χ4v) is 4.63. The van der Waals surface area contributed by atoms with E-state index in [0.29, 0.717) is 44.6 Å². The van der Waals surface area contributed by atoms with Gasteiger partial charge >= 0.3 is 12.5 Å². The van der Waals surface area contributed by atoms with Gasteiger partial charge in [-0.1, -0.05) is 12.1 Å². The van der Waals surface area contributed by atoms with E-state index in [1.807, 2.05) is 0 Å². The topological polar surface area (TPSA) is 102 Å². The van der Waals surface area contributed by atoms with Gasteiger partial charge in [-0.3, -0.25) is 4.79 Å². The van der Waals surface area contributed by atoms with E-state index in [-0.39, 0.29) is 22.8 Å². The van der Waals surface area contributed by atoms with Crippen molar-refractivity contribution >= 4 is 23.0 Å². The van der Waals surface area contributed by atoms with Crippen LogP contribution in [0.1, 0.15) is 28.8 Å². The third-order valence-corrected chi connectivity index (χ3v) is 6.82. The van der Waals surface area contributed by atoms with Gasteiger partial charge in [-0.2, -0.15) is 0 Å². The van der Waals surface area contributed by atoms with Crippen molar-refractivity contribution in [1.29, 1.82) is 0 Å². The number of nitrogens with two attached hydrogens (primary N) is 1. The molecule has 0 fully saturated rings. The summed E-state index contributed by atoms with van der Waals surface area (Å²) in [7, 11) is -1.85. The lowest BCUT2D eigenvalue weighted by molar-refractivity contribution is -0.274. The van der Waals surface area contributed by atoms with Gasteiger partial charge in [-0.05, 0) is 59.9 Å². The van der Waals surface area contributed by atoms with Crippen LogP contribution in [0.3, 0.4) is 0 Å². The van der Waals surface area contributed by atoms with Crippen LogP contribution in [0.25, 0.3) is 0 Å². The highest BCUT2D eigenvalue weighted by Crippen LogP contribution is 2.28. The average Bonchev–Trinajstić information content (AvgIpc) is 2.86. The summed E-state index contributed by atoms with van der Waals surface area (Å²) < 4.78 is 71.6. The van der Waals surface area contributed by atoms with E-state index in [2.05, 4.69) is 4.74 Å². The van der Waals surface area contributed by atoms with Gasteiger partial charge in [0.2, 0.25) is 0 Å². The second kappa shape index (κ2) is 10.9. The lowest BCUT2D eigenvalue weighted by atomic mass is 9.93. The number of hydrogen-bond acceptors (Lipinski definition) is 5. The molecule has 2 aromatic carbocycles. The molecule has 2 aliphatic rings. The number of halogens is 4. The van der Waals surface area contributed by atoms with E-state index in [1.54, 1.807) is 0 Å². The first kappa shape index (κ1) is 26.6. The van der Waals surface area contributed by atoms with Crippen LogP contribution in [-0.4, -0.2) is 58.6 Å². The van der Waals surface area contributed by atoms with Gasteiger partial charge in [-0.25, -0.2) is 18.5 Å². The summed E-state index contributed by atoms with van der Waals surface area (Å²) in [5, 5.41) is 5.26. The molecule has 2 amide bonds. The Labute approximate surface area is 212 Å². The molecule has 0 radical (unpaired) electrons. The molecular formula is C24H23F4N3O5S. The lowest BCUT2D eigenvalue weighted by Gasteiger charge is -2.37. The Morgan fingerprint density at radius 1 is 0.973 bits per heavy atom. The van der Waals surface area contributed by atoms with Crippen LogP contribution in [0.15, 0.2) is 58.5 Å². The van der Waals surface area contributed by atoms with Gasteiger partial charge in [0, 0.05) is 26.2 Å². The quantitative estimate of drug-likeness (QED) is 0.457. The maximum atomic E-state index is 14.4. The second-order valence-corrected chi connectivity index (χ2v) is 9.61. The van der Waals surface area contributed by atoms with E-state index in [1.165, 1.54) is 34.1 Å². The number of nitrogens with zero attached hydrogens (tertiary/aromatic N) is 2. The average molecular weight is 542 g/mol. The first-order valence-corrected chi connectivity index (χ1v) is 12.4. The van der Waals surface area contributed by atoms with Crippen LogP contribution in [0.5, 0.6) is 5.75 Å². The van der Waals surface area contributed by atoms with Crippen LogP contribution >= 0.6 is 0 Å². The molecule has 2 heterocycles. The summed E-state index contributed by atoms with van der Waals surface area (Å²) in [6.45, 7) is 1.24. The molecule has 0 saturated heterocycles. The summed E-state index contributed by atoms with van der Waals surface area (Å²) in [5.41, 5.74) is 2.39. The van der Waals surface area contributed by atoms with Crippen LogP contribution in [0.4, 0.5) is 22.4 Å². The number of alkyl halides is 3. The van der Waals surface area contributed by atoms with E-state index < -0.39 is 35.2 Å². The molecule has 2 aliphatic heterocycles. The predicted octanol–water partition coefficient (Wildman–Crippen LogP) is 3.89. The Balaban J connectivity index is 1.31. The zero-order valence-corrected chi connectivity index (χ0v) is 20.2. The summed E-state index contributed by atoms with van der Waals surface area (Å²) in [6, 6.07) is 8.67. The maximum absolute atomic E-state index is 14.4. The van der Waals surface area contributed by atoms with Crippen molar-refractivity contribution < 1.29 is 40.8 Å². The highest BCUT2D eigenvalue weighted by Gasteiger charge is 2.32. The molecule has 8 nitrogen and oxygen atoms in total. The number of rotatable bonds is 5. The molecule has 37 heavy (non-hydrogen) atoms. The monoisotopic (exact) mass is 541 g/mol. The molecule has 0 bridgehead atoms. The van der Waals surface area contributed by atoms with E-state index in [4.69, 9.17) is 9.88 Å². The molecule has 13 heteroatoms. The Morgan fingerprint density at radius 2 is 1.59 bits per heavy atom. The fourth-order valence-electron chi connectivity index (χ4n) is 4.21. The van der Waals surface area contributed by atoms with Gasteiger partial charge in [-0.15, -0.1) is 13.2 Å². The Bertz CT molecular complexity index is 1250. The van der Waals surface area contributed by atoms with Crippen molar-refractivity contribution in [2.24, 2.45) is 5.14 Å². The molecule has 0 aromatic heterocycles. The zero-order valence-electron chi connectivity index (χ0n) is 19.4. The minimum absolute atomic E-state index is 0.0874. The highest BCUT2D eigenvalue weighted by atomic mass is 32.2. The molecule has 0 saturated carbocycles. The predicted molar refractivity (Wildman–Crippen MR) is 124 cm³/mol. The SMILES string of the molecule is NS(=O)c1ccc(C(=O)N2CCC3=C(CCN(C(=O)OCc4ccc(OC(F)(F)F)cc4)C3)C2)c(F)c1. The van der Waals surface area contributed by atoms with Crippen molar-refractivity contribution in [2.45, 2.75) is 30.7 Å². The van der Waals surface area contributed by atoms with Gasteiger partial charge in [0.25, 0.3) is 5.91 Å². The largest absolute Gasteiger partial charge is 0.573 e. The Kier molecular flexibility index (Phi) is 7.83. The molecule has 4 rings (SSSR count). The normalized spacial score (nSPS) is 16.8. The smallest absolute Gasteiger partial charge is 0.445 e. The van der Waals surface area contributed by atoms with Crippen molar-refractivity contribution in [1.82, 2.24) is 9.80 Å². The number of carbonyl (C=O) groups is 2. The van der Waals surface area contributed by atoms with Crippen molar-refractivity contribution in [3.8, 4) is 5.75 Å². The molecule has 198 valence electrons. The maximum Gasteiger partial charge on any atom is 0.573 e. The number of carbonyl (C=O) groups excluding carboxylic acids is 2. The molecule has 1 atom stereocenters. The third-order valence-electron chi connectivity index (χ3n) is 6.10. The van der Waals surface area contributed by atoms with Crippen LogP contribution in [0.2, 0.25) is 0 Å². The van der Waals surface area contributed by atoms with E-state index in [0.717, 1.165) is 29.3 Å². The standard InChI is InChI=1S/C24H23F4N3O5S/c25-21-11-19(37(29)34)5-6-20(21)22(32)30-9-7-17-13-31(10-8-16(17)12-30)23(33)35-14-15-1-3-18(4-2-15)36-24(26,27)28/h1-6,11H,7-10,12-14,29H2. The summed E-state index contributed by atoms with van der Waals surface area (Å²) in [5.74, 6) is -1.64. The lowest BCUT2D eigenvalue weighted by Crippen LogP contribution is -2.44. The zero-order chi connectivity index (χ0) is 26.7. The summed E-state index contributed by atoms with van der Waals surface area (Å²) >= 11 is 0. The minimum atomic E-state index is -4.78. The summed E-state index contributed by atoms with van der Waals surface area (Å²) in [6.07, 6.45) is -4.31. The molecule has 2 aromatic rings. The second-order valence-electron chi connectivity index (χ2n) is 8.54. The van der Waals surface area contributed by atoms with Crippen LogP contribution < -0.4 is 9.88 Å². The molecule has 0 spiro atoms. The summed E-state index contributed by atoms with van der Waals surface area (Å²) in [4.78, 5) is 28.6. The van der Waals surface area contributed by atoms with E-state index in [9.17, 15) is 31.4 Å².